The van der Waals surface area contributed by atoms with E-state index in [9.17, 15) is 14.7 Å². The first-order valence-electron chi connectivity index (χ1n) is 11.7. The Labute approximate surface area is 199 Å². The second-order valence-electron chi connectivity index (χ2n) is 8.89. The Morgan fingerprint density at radius 2 is 1.88 bits per heavy atom. The van der Waals surface area contributed by atoms with E-state index in [0.29, 0.717) is 11.4 Å². The molecule has 1 atom stereocenters. The highest BCUT2D eigenvalue weighted by molar-refractivity contribution is 6.00. The summed E-state index contributed by atoms with van der Waals surface area (Å²) in [6, 6.07) is 10.5. The van der Waals surface area contributed by atoms with Crippen LogP contribution in [0.25, 0.3) is 11.1 Å². The van der Waals surface area contributed by atoms with Crippen molar-refractivity contribution in [2.24, 2.45) is 13.0 Å². The van der Waals surface area contributed by atoms with Gasteiger partial charge in [-0.05, 0) is 61.1 Å². The quantitative estimate of drug-likeness (QED) is 0.498. The van der Waals surface area contributed by atoms with Gasteiger partial charge in [0.2, 0.25) is 5.91 Å². The normalized spacial score (nSPS) is 15.0. The van der Waals surface area contributed by atoms with Crippen molar-refractivity contribution < 1.29 is 14.7 Å². The van der Waals surface area contributed by atoms with Crippen LogP contribution >= 0.6 is 0 Å². The number of aromatic nitrogens is 3. The maximum atomic E-state index is 13.3. The average Bonchev–Trinajstić information content (AvgIpc) is 3.29. The molecular formula is C26H31N5O3. The highest BCUT2D eigenvalue weighted by Crippen LogP contribution is 2.28. The van der Waals surface area contributed by atoms with Crippen molar-refractivity contribution in [3.05, 3.63) is 65.7 Å². The molecule has 34 heavy (non-hydrogen) atoms. The molecule has 178 valence electrons. The zero-order chi connectivity index (χ0) is 24.1. The number of carbonyl (C=O) groups is 2. The number of benzene rings is 1. The van der Waals surface area contributed by atoms with Crippen LogP contribution in [0, 0.1) is 12.8 Å². The Morgan fingerprint density at radius 1 is 1.15 bits per heavy atom. The number of anilines is 1. The molecule has 1 aromatic carbocycles. The molecule has 2 aromatic heterocycles. The van der Waals surface area contributed by atoms with Crippen LogP contribution in [-0.2, 0) is 18.4 Å². The van der Waals surface area contributed by atoms with Gasteiger partial charge in [-0.15, -0.1) is 0 Å². The van der Waals surface area contributed by atoms with Crippen molar-refractivity contribution in [2.75, 3.05) is 5.32 Å². The zero-order valence-electron chi connectivity index (χ0n) is 19.6. The first-order valence-corrected chi connectivity index (χ1v) is 11.7. The number of rotatable bonds is 7. The number of carbonyl (C=O) groups excluding carboxylic acids is 2. The van der Waals surface area contributed by atoms with Gasteiger partial charge in [0.15, 0.2) is 0 Å². The van der Waals surface area contributed by atoms with Crippen molar-refractivity contribution in [1.29, 1.82) is 0 Å². The number of aliphatic hydroxyl groups excluding tert-OH is 1. The maximum absolute atomic E-state index is 13.3. The van der Waals surface area contributed by atoms with Crippen LogP contribution in [0.4, 0.5) is 5.69 Å². The van der Waals surface area contributed by atoms with E-state index in [4.69, 9.17) is 0 Å². The van der Waals surface area contributed by atoms with E-state index in [1.165, 1.54) is 4.68 Å². The number of aliphatic hydroxyl groups is 1. The fourth-order valence-electron chi connectivity index (χ4n) is 4.59. The van der Waals surface area contributed by atoms with Crippen LogP contribution < -0.4 is 10.6 Å². The van der Waals surface area contributed by atoms with Crippen LogP contribution in [-0.4, -0.2) is 37.7 Å². The van der Waals surface area contributed by atoms with Crippen molar-refractivity contribution in [3.8, 4) is 11.1 Å². The molecule has 8 heteroatoms. The predicted octanol–water partition coefficient (Wildman–Crippen LogP) is 3.60. The minimum Gasteiger partial charge on any atom is -0.392 e. The Bertz CT molecular complexity index is 1150. The first-order chi connectivity index (χ1) is 16.5. The van der Waals surface area contributed by atoms with E-state index in [2.05, 4.69) is 20.7 Å². The SMILES string of the molecule is Cc1ncc(CO)cc1-c1ccc(NC(=O)C(NC(=O)c2ccnn2C)C2CCCCC2)cc1. The molecule has 0 bridgehead atoms. The Morgan fingerprint density at radius 3 is 2.53 bits per heavy atom. The Hall–Kier alpha value is -3.52. The molecule has 0 spiro atoms. The third-order valence-corrected chi connectivity index (χ3v) is 6.53. The zero-order valence-corrected chi connectivity index (χ0v) is 19.6. The summed E-state index contributed by atoms with van der Waals surface area (Å²) in [6.45, 7) is 1.85. The summed E-state index contributed by atoms with van der Waals surface area (Å²) in [5.41, 5.74) is 4.58. The first kappa shape index (κ1) is 23.6. The van der Waals surface area contributed by atoms with Gasteiger partial charge in [-0.2, -0.15) is 5.10 Å². The number of nitrogens with one attached hydrogen (secondary N) is 2. The molecule has 3 aromatic rings. The van der Waals surface area contributed by atoms with E-state index in [1.54, 1.807) is 25.5 Å². The van der Waals surface area contributed by atoms with Gasteiger partial charge in [-0.25, -0.2) is 0 Å². The number of aryl methyl sites for hydroxylation is 2. The van der Waals surface area contributed by atoms with Gasteiger partial charge in [-0.1, -0.05) is 31.4 Å². The van der Waals surface area contributed by atoms with Crippen LogP contribution in [0.15, 0.2) is 48.8 Å². The summed E-state index contributed by atoms with van der Waals surface area (Å²) in [5.74, 6) is -0.414. The van der Waals surface area contributed by atoms with Crippen LogP contribution in [0.1, 0.15) is 53.8 Å². The average molecular weight is 462 g/mol. The lowest BCUT2D eigenvalue weighted by Crippen LogP contribution is -2.49. The van der Waals surface area contributed by atoms with E-state index in [0.717, 1.165) is 54.5 Å². The van der Waals surface area contributed by atoms with Crippen molar-refractivity contribution in [1.82, 2.24) is 20.1 Å². The van der Waals surface area contributed by atoms with Crippen LogP contribution in [0.3, 0.4) is 0 Å². The van der Waals surface area contributed by atoms with Crippen LogP contribution in [0.2, 0.25) is 0 Å². The van der Waals surface area contributed by atoms with E-state index in [-0.39, 0.29) is 24.3 Å². The van der Waals surface area contributed by atoms with Crippen molar-refractivity contribution in [2.45, 2.75) is 51.7 Å². The fraction of sp³-hybridized carbons (Fsp3) is 0.385. The molecule has 3 N–H and O–H groups in total. The van der Waals surface area contributed by atoms with Gasteiger partial charge < -0.3 is 15.7 Å². The minimum absolute atomic E-state index is 0.0679. The summed E-state index contributed by atoms with van der Waals surface area (Å²) in [5, 5.41) is 19.4. The standard InChI is InChI=1S/C26H31N5O3/c1-17-22(14-18(16-32)15-27-17)19-8-10-21(11-9-19)29-26(34)24(20-6-4-3-5-7-20)30-25(33)23-12-13-28-31(23)2/h8-15,20,24,32H,3-7,16H2,1-2H3,(H,29,34)(H,30,33). The maximum Gasteiger partial charge on any atom is 0.270 e. The smallest absolute Gasteiger partial charge is 0.270 e. The Balaban J connectivity index is 1.50. The lowest BCUT2D eigenvalue weighted by molar-refractivity contribution is -0.119. The van der Waals surface area contributed by atoms with Crippen molar-refractivity contribution >= 4 is 17.5 Å². The molecule has 4 rings (SSSR count). The van der Waals surface area contributed by atoms with E-state index >= 15 is 0 Å². The largest absolute Gasteiger partial charge is 0.392 e. The van der Waals surface area contributed by atoms with Gasteiger partial charge in [0.25, 0.3) is 5.91 Å². The van der Waals surface area contributed by atoms with E-state index in [1.807, 2.05) is 37.3 Å². The monoisotopic (exact) mass is 461 g/mol. The van der Waals surface area contributed by atoms with Gasteiger partial charge >= 0.3 is 0 Å². The number of nitrogens with zero attached hydrogens (tertiary/aromatic N) is 3. The van der Waals surface area contributed by atoms with Crippen LogP contribution in [0.5, 0.6) is 0 Å². The predicted molar refractivity (Wildman–Crippen MR) is 130 cm³/mol. The number of pyridine rings is 1. The molecule has 1 aliphatic carbocycles. The molecule has 8 nitrogen and oxygen atoms in total. The minimum atomic E-state index is -0.616. The third-order valence-electron chi connectivity index (χ3n) is 6.53. The number of hydrogen-bond donors (Lipinski definition) is 3. The summed E-state index contributed by atoms with van der Waals surface area (Å²) in [7, 11) is 1.71. The number of hydrogen-bond acceptors (Lipinski definition) is 5. The third kappa shape index (κ3) is 5.34. The molecule has 1 fully saturated rings. The van der Waals surface area contributed by atoms with Gasteiger partial charge in [0.1, 0.15) is 11.7 Å². The van der Waals surface area contributed by atoms with Gasteiger partial charge in [-0.3, -0.25) is 19.3 Å². The molecule has 2 amide bonds. The van der Waals surface area contributed by atoms with Gasteiger partial charge in [0, 0.05) is 36.4 Å². The summed E-state index contributed by atoms with van der Waals surface area (Å²) in [4.78, 5) is 30.5. The van der Waals surface area contributed by atoms with Gasteiger partial charge in [0.05, 0.1) is 6.61 Å². The summed E-state index contributed by atoms with van der Waals surface area (Å²) < 4.78 is 1.51. The molecule has 1 unspecified atom stereocenters. The topological polar surface area (TPSA) is 109 Å². The second-order valence-corrected chi connectivity index (χ2v) is 8.89. The molecule has 2 heterocycles. The van der Waals surface area contributed by atoms with Crippen molar-refractivity contribution in [3.63, 3.8) is 0 Å². The van der Waals surface area contributed by atoms with E-state index < -0.39 is 6.04 Å². The highest BCUT2D eigenvalue weighted by atomic mass is 16.3. The molecule has 1 aliphatic rings. The summed E-state index contributed by atoms with van der Waals surface area (Å²) in [6.07, 6.45) is 8.34. The fourth-order valence-corrected chi connectivity index (χ4v) is 4.59. The lowest BCUT2D eigenvalue weighted by atomic mass is 9.83. The highest BCUT2D eigenvalue weighted by Gasteiger charge is 2.31. The Kier molecular flexibility index (Phi) is 7.37. The number of amides is 2. The molecule has 0 aliphatic heterocycles. The second kappa shape index (κ2) is 10.6. The molecule has 0 radical (unpaired) electrons. The summed E-state index contributed by atoms with van der Waals surface area (Å²) >= 11 is 0. The lowest BCUT2D eigenvalue weighted by Gasteiger charge is -2.30. The molecule has 1 saturated carbocycles. The molecular weight excluding hydrogens is 430 g/mol. The molecule has 0 saturated heterocycles.